The van der Waals surface area contributed by atoms with Crippen molar-refractivity contribution in [2.45, 2.75) is 39.5 Å². The summed E-state index contributed by atoms with van der Waals surface area (Å²) in [4.78, 5) is 31.8. The van der Waals surface area contributed by atoms with Gasteiger partial charge in [-0.1, -0.05) is 0 Å². The predicted molar refractivity (Wildman–Crippen MR) is 104 cm³/mol. The summed E-state index contributed by atoms with van der Waals surface area (Å²) < 4.78 is 0. The van der Waals surface area contributed by atoms with Crippen molar-refractivity contribution >= 4 is 17.7 Å². The molecule has 8 nitrogen and oxygen atoms in total. The number of anilines is 2. The summed E-state index contributed by atoms with van der Waals surface area (Å²) in [5, 5.41) is 5.90. The first-order valence-electron chi connectivity index (χ1n) is 9.31. The predicted octanol–water partition coefficient (Wildman–Crippen LogP) is 1.86. The zero-order valence-corrected chi connectivity index (χ0v) is 16.4. The number of likely N-dealkylation sites (tertiary alicyclic amines) is 1. The molecule has 0 radical (unpaired) electrons. The Morgan fingerprint density at radius 3 is 2.59 bits per heavy atom. The van der Waals surface area contributed by atoms with Gasteiger partial charge in [0.1, 0.15) is 11.6 Å². The number of aromatic nitrogens is 4. The number of nitrogens with zero attached hydrogens (tertiary/aromatic N) is 5. The third-order valence-corrected chi connectivity index (χ3v) is 4.65. The highest BCUT2D eigenvalue weighted by Gasteiger charge is 2.24. The van der Waals surface area contributed by atoms with Gasteiger partial charge in [-0.25, -0.2) is 19.9 Å². The second-order valence-corrected chi connectivity index (χ2v) is 7.07. The van der Waals surface area contributed by atoms with E-state index >= 15 is 0 Å². The van der Waals surface area contributed by atoms with Gasteiger partial charge in [0.05, 0.1) is 12.2 Å². The highest BCUT2D eigenvalue weighted by molar-refractivity contribution is 5.77. The van der Waals surface area contributed by atoms with E-state index in [-0.39, 0.29) is 11.8 Å². The van der Waals surface area contributed by atoms with Crippen LogP contribution in [0.4, 0.5) is 11.8 Å². The van der Waals surface area contributed by atoms with Crippen LogP contribution in [0.3, 0.4) is 0 Å². The number of amides is 1. The Morgan fingerprint density at radius 1 is 1.15 bits per heavy atom. The van der Waals surface area contributed by atoms with Crippen LogP contribution in [0.1, 0.15) is 41.7 Å². The molecule has 2 aromatic heterocycles. The molecule has 1 aliphatic heterocycles. The third kappa shape index (κ3) is 5.19. The SMILES string of the molecule is CNC(=O)CN1CCC[C@@H](c2cc(Nc3nc(C)cc(C)n3)nc(C)n2)C1. The van der Waals surface area contributed by atoms with Gasteiger partial charge < -0.3 is 10.6 Å². The molecule has 0 unspecified atom stereocenters. The number of piperidine rings is 1. The highest BCUT2D eigenvalue weighted by Crippen LogP contribution is 2.27. The van der Waals surface area contributed by atoms with Crippen molar-refractivity contribution in [2.75, 3.05) is 32.0 Å². The van der Waals surface area contributed by atoms with E-state index in [1.54, 1.807) is 7.05 Å². The number of rotatable bonds is 5. The molecule has 3 heterocycles. The lowest BCUT2D eigenvalue weighted by Crippen LogP contribution is -2.41. The number of hydrogen-bond acceptors (Lipinski definition) is 7. The van der Waals surface area contributed by atoms with E-state index in [9.17, 15) is 4.79 Å². The van der Waals surface area contributed by atoms with Gasteiger partial charge in [0.25, 0.3) is 0 Å². The highest BCUT2D eigenvalue weighted by atomic mass is 16.1. The van der Waals surface area contributed by atoms with Crippen molar-refractivity contribution < 1.29 is 4.79 Å². The molecule has 1 saturated heterocycles. The van der Waals surface area contributed by atoms with E-state index in [1.807, 2.05) is 32.9 Å². The van der Waals surface area contributed by atoms with Gasteiger partial charge in [0, 0.05) is 37.0 Å². The van der Waals surface area contributed by atoms with Crippen LogP contribution < -0.4 is 10.6 Å². The van der Waals surface area contributed by atoms with Gasteiger partial charge in [0.15, 0.2) is 0 Å². The Labute approximate surface area is 159 Å². The lowest BCUT2D eigenvalue weighted by molar-refractivity contribution is -0.122. The Morgan fingerprint density at radius 2 is 1.89 bits per heavy atom. The van der Waals surface area contributed by atoms with Crippen LogP contribution in [0.25, 0.3) is 0 Å². The van der Waals surface area contributed by atoms with Crippen LogP contribution in [0.5, 0.6) is 0 Å². The molecule has 3 rings (SSSR count). The minimum absolute atomic E-state index is 0.0452. The monoisotopic (exact) mass is 369 g/mol. The first kappa shape index (κ1) is 19.2. The molecule has 0 aliphatic carbocycles. The number of carbonyl (C=O) groups is 1. The standard InChI is InChI=1S/C19H27N7O/c1-12-8-13(2)22-19(21-12)25-17-9-16(23-14(3)24-17)15-6-5-7-26(10-15)11-18(27)20-4/h8-9,15H,5-7,10-11H2,1-4H3,(H,20,27)(H,21,22,23,24,25)/t15-/m1/s1. The van der Waals surface area contributed by atoms with Crippen LogP contribution in [0.2, 0.25) is 0 Å². The number of hydrogen-bond donors (Lipinski definition) is 2. The van der Waals surface area contributed by atoms with Crippen LogP contribution in [-0.2, 0) is 4.79 Å². The minimum atomic E-state index is 0.0452. The summed E-state index contributed by atoms with van der Waals surface area (Å²) in [6.45, 7) is 7.97. The largest absolute Gasteiger partial charge is 0.358 e. The third-order valence-electron chi connectivity index (χ3n) is 4.65. The molecular weight excluding hydrogens is 342 g/mol. The maximum atomic E-state index is 11.7. The molecule has 2 aromatic rings. The molecule has 0 bridgehead atoms. The van der Waals surface area contributed by atoms with Crippen molar-refractivity contribution in [3.63, 3.8) is 0 Å². The molecule has 144 valence electrons. The number of likely N-dealkylation sites (N-methyl/N-ethyl adjacent to an activating group) is 1. The van der Waals surface area contributed by atoms with Crippen molar-refractivity contribution in [2.24, 2.45) is 0 Å². The molecule has 0 aromatic carbocycles. The molecule has 27 heavy (non-hydrogen) atoms. The average Bonchev–Trinajstić information content (AvgIpc) is 2.60. The zero-order valence-electron chi connectivity index (χ0n) is 16.4. The molecule has 1 amide bonds. The van der Waals surface area contributed by atoms with E-state index in [0.717, 1.165) is 43.0 Å². The number of nitrogens with one attached hydrogen (secondary N) is 2. The van der Waals surface area contributed by atoms with E-state index in [1.165, 1.54) is 0 Å². The first-order chi connectivity index (χ1) is 12.9. The summed E-state index contributed by atoms with van der Waals surface area (Å²) in [5.41, 5.74) is 2.82. The topological polar surface area (TPSA) is 95.9 Å². The second-order valence-electron chi connectivity index (χ2n) is 7.07. The molecule has 0 spiro atoms. The van der Waals surface area contributed by atoms with Gasteiger partial charge in [-0.3, -0.25) is 9.69 Å². The fraction of sp³-hybridized carbons (Fsp3) is 0.526. The summed E-state index contributed by atoms with van der Waals surface area (Å²) in [6, 6.07) is 3.91. The number of aryl methyl sites for hydroxylation is 3. The Kier molecular flexibility index (Phi) is 5.95. The average molecular weight is 369 g/mol. The Bertz CT molecular complexity index is 803. The summed E-state index contributed by atoms with van der Waals surface area (Å²) >= 11 is 0. The number of carbonyl (C=O) groups excluding carboxylic acids is 1. The van der Waals surface area contributed by atoms with Gasteiger partial charge in [-0.05, 0) is 46.2 Å². The normalized spacial score (nSPS) is 17.6. The fourth-order valence-electron chi connectivity index (χ4n) is 3.48. The Hall–Kier alpha value is -2.61. The van der Waals surface area contributed by atoms with E-state index in [4.69, 9.17) is 0 Å². The minimum Gasteiger partial charge on any atom is -0.358 e. The van der Waals surface area contributed by atoms with Crippen molar-refractivity contribution in [3.8, 4) is 0 Å². The van der Waals surface area contributed by atoms with Crippen LogP contribution >= 0.6 is 0 Å². The van der Waals surface area contributed by atoms with Gasteiger partial charge in [-0.15, -0.1) is 0 Å². The van der Waals surface area contributed by atoms with Crippen molar-refractivity contribution in [3.05, 3.63) is 35.0 Å². The zero-order chi connectivity index (χ0) is 19.4. The fourth-order valence-corrected chi connectivity index (χ4v) is 3.48. The molecule has 1 atom stereocenters. The molecule has 1 aliphatic rings. The molecule has 1 fully saturated rings. The molecule has 0 saturated carbocycles. The van der Waals surface area contributed by atoms with Gasteiger partial charge >= 0.3 is 0 Å². The van der Waals surface area contributed by atoms with E-state index in [2.05, 4.69) is 35.5 Å². The summed E-state index contributed by atoms with van der Waals surface area (Å²) in [5.74, 6) is 2.28. The lowest BCUT2D eigenvalue weighted by atomic mass is 9.94. The van der Waals surface area contributed by atoms with Gasteiger partial charge in [0.2, 0.25) is 11.9 Å². The van der Waals surface area contributed by atoms with E-state index < -0.39 is 0 Å². The van der Waals surface area contributed by atoms with Crippen LogP contribution in [-0.4, -0.2) is 57.4 Å². The second kappa shape index (κ2) is 8.39. The molecule has 2 N–H and O–H groups in total. The lowest BCUT2D eigenvalue weighted by Gasteiger charge is -2.32. The van der Waals surface area contributed by atoms with E-state index in [0.29, 0.717) is 24.1 Å². The molecular formula is C19H27N7O. The van der Waals surface area contributed by atoms with Gasteiger partial charge in [-0.2, -0.15) is 0 Å². The smallest absolute Gasteiger partial charge is 0.233 e. The van der Waals surface area contributed by atoms with Crippen molar-refractivity contribution in [1.82, 2.24) is 30.2 Å². The first-order valence-corrected chi connectivity index (χ1v) is 9.31. The molecule has 8 heteroatoms. The Balaban J connectivity index is 1.77. The van der Waals surface area contributed by atoms with Crippen molar-refractivity contribution in [1.29, 1.82) is 0 Å². The quantitative estimate of drug-likeness (QED) is 0.830. The summed E-state index contributed by atoms with van der Waals surface area (Å²) in [7, 11) is 1.67. The van der Waals surface area contributed by atoms with Crippen LogP contribution in [0.15, 0.2) is 12.1 Å². The van der Waals surface area contributed by atoms with Crippen LogP contribution in [0, 0.1) is 20.8 Å². The maximum Gasteiger partial charge on any atom is 0.233 e. The maximum absolute atomic E-state index is 11.7. The summed E-state index contributed by atoms with van der Waals surface area (Å²) in [6.07, 6.45) is 2.11.